The molecule has 0 saturated carbocycles. The Kier molecular flexibility index (Phi) is 4.42. The quantitative estimate of drug-likeness (QED) is 0.922. The van der Waals surface area contributed by atoms with Crippen molar-refractivity contribution >= 4 is 15.7 Å². The maximum atomic E-state index is 13.6. The van der Waals surface area contributed by atoms with Gasteiger partial charge in [0.15, 0.2) is 5.82 Å². The highest BCUT2D eigenvalue weighted by atomic mass is 32.2. The maximum absolute atomic E-state index is 13.6. The van der Waals surface area contributed by atoms with Gasteiger partial charge in [0, 0.05) is 6.20 Å². The normalized spacial score (nSPS) is 11.4. The van der Waals surface area contributed by atoms with Crippen molar-refractivity contribution in [2.75, 3.05) is 4.72 Å². The molecule has 0 bridgehead atoms. The number of hydrogen-bond acceptors (Lipinski definition) is 4. The van der Waals surface area contributed by atoms with Crippen molar-refractivity contribution in [3.63, 3.8) is 0 Å². The summed E-state index contributed by atoms with van der Waals surface area (Å²) in [6, 6.07) is 8.90. The number of pyridine rings is 1. The number of anilines is 1. The molecule has 0 unspecified atom stereocenters. The predicted molar refractivity (Wildman–Crippen MR) is 77.2 cm³/mol. The lowest BCUT2D eigenvalue weighted by molar-refractivity contribution is 0.244. The third-order valence-corrected chi connectivity index (χ3v) is 3.77. The summed E-state index contributed by atoms with van der Waals surface area (Å²) in [7, 11) is -4.12. The van der Waals surface area contributed by atoms with Crippen molar-refractivity contribution in [1.29, 1.82) is 0 Å². The van der Waals surface area contributed by atoms with Gasteiger partial charge in [0.2, 0.25) is 5.03 Å². The van der Waals surface area contributed by atoms with Crippen LogP contribution in [0.15, 0.2) is 47.6 Å². The number of para-hydroxylation sites is 2. The van der Waals surface area contributed by atoms with Gasteiger partial charge in [0.05, 0.1) is 11.8 Å². The molecule has 2 rings (SSSR count). The van der Waals surface area contributed by atoms with Gasteiger partial charge in [0.25, 0.3) is 10.0 Å². The third-order valence-electron chi connectivity index (χ3n) is 2.47. The van der Waals surface area contributed by atoms with Gasteiger partial charge >= 0.3 is 0 Å². The minimum absolute atomic E-state index is 0.123. The van der Waals surface area contributed by atoms with E-state index in [1.807, 2.05) is 13.8 Å². The fraction of sp³-hybridized carbons (Fsp3) is 0.214. The molecular weight excluding hydrogens is 295 g/mol. The standard InChI is InChI=1S/C14H15FN2O3S/c1-10(2)20-13-8-4-3-7-12(13)17-21(18,19)14-11(15)6-5-9-16-14/h3-10,17H,1-2H3. The van der Waals surface area contributed by atoms with Crippen LogP contribution in [0.3, 0.4) is 0 Å². The zero-order chi connectivity index (χ0) is 15.5. The highest BCUT2D eigenvalue weighted by molar-refractivity contribution is 7.92. The van der Waals surface area contributed by atoms with Crippen molar-refractivity contribution in [3.8, 4) is 5.75 Å². The average molecular weight is 310 g/mol. The van der Waals surface area contributed by atoms with Gasteiger partial charge in [-0.2, -0.15) is 8.42 Å². The number of rotatable bonds is 5. The first-order valence-corrected chi connectivity index (χ1v) is 7.77. The number of benzene rings is 1. The zero-order valence-electron chi connectivity index (χ0n) is 11.6. The van der Waals surface area contributed by atoms with E-state index in [0.717, 1.165) is 6.07 Å². The lowest BCUT2D eigenvalue weighted by Gasteiger charge is -2.15. The lowest BCUT2D eigenvalue weighted by atomic mass is 10.3. The van der Waals surface area contributed by atoms with Crippen LogP contribution in [0, 0.1) is 5.82 Å². The van der Waals surface area contributed by atoms with E-state index in [2.05, 4.69) is 9.71 Å². The van der Waals surface area contributed by atoms with Crippen LogP contribution < -0.4 is 9.46 Å². The molecule has 0 aliphatic rings. The summed E-state index contributed by atoms with van der Waals surface area (Å²) in [5, 5.41) is -0.649. The van der Waals surface area contributed by atoms with Crippen molar-refractivity contribution in [1.82, 2.24) is 4.98 Å². The van der Waals surface area contributed by atoms with E-state index in [4.69, 9.17) is 4.74 Å². The molecule has 0 aliphatic heterocycles. The highest BCUT2D eigenvalue weighted by Gasteiger charge is 2.22. The Morgan fingerprint density at radius 2 is 1.90 bits per heavy atom. The summed E-state index contributed by atoms with van der Waals surface area (Å²) in [6.45, 7) is 3.65. The number of ether oxygens (including phenoxy) is 1. The van der Waals surface area contributed by atoms with Gasteiger partial charge in [-0.15, -0.1) is 0 Å². The summed E-state index contributed by atoms with van der Waals surface area (Å²) in [5.41, 5.74) is 0.233. The molecule has 112 valence electrons. The number of aromatic nitrogens is 1. The van der Waals surface area contributed by atoms with Crippen LogP contribution in [-0.4, -0.2) is 19.5 Å². The van der Waals surface area contributed by atoms with Gasteiger partial charge in [-0.3, -0.25) is 4.72 Å². The van der Waals surface area contributed by atoms with Crippen molar-refractivity contribution in [3.05, 3.63) is 48.4 Å². The minimum Gasteiger partial charge on any atom is -0.489 e. The first-order chi connectivity index (χ1) is 9.90. The van der Waals surface area contributed by atoms with Crippen molar-refractivity contribution < 1.29 is 17.5 Å². The van der Waals surface area contributed by atoms with Gasteiger partial charge in [-0.25, -0.2) is 9.37 Å². The Labute approximate surface area is 122 Å². The van der Waals surface area contributed by atoms with E-state index < -0.39 is 20.9 Å². The smallest absolute Gasteiger partial charge is 0.282 e. The molecule has 21 heavy (non-hydrogen) atoms. The van der Waals surface area contributed by atoms with Gasteiger partial charge < -0.3 is 4.74 Å². The molecule has 0 aliphatic carbocycles. The van der Waals surface area contributed by atoms with E-state index >= 15 is 0 Å². The van der Waals surface area contributed by atoms with Crippen molar-refractivity contribution in [2.45, 2.75) is 25.0 Å². The fourth-order valence-electron chi connectivity index (χ4n) is 1.67. The molecule has 5 nitrogen and oxygen atoms in total. The van der Waals surface area contributed by atoms with Gasteiger partial charge in [-0.05, 0) is 38.1 Å². The molecule has 7 heteroatoms. The summed E-state index contributed by atoms with van der Waals surface area (Å²) < 4.78 is 45.8. The van der Waals surface area contributed by atoms with E-state index in [9.17, 15) is 12.8 Å². The number of hydrogen-bond donors (Lipinski definition) is 1. The minimum atomic E-state index is -4.12. The number of halogens is 1. The summed E-state index contributed by atoms with van der Waals surface area (Å²) in [4.78, 5) is 3.57. The maximum Gasteiger partial charge on any atom is 0.282 e. The summed E-state index contributed by atoms with van der Waals surface area (Å²) in [6.07, 6.45) is 1.09. The monoisotopic (exact) mass is 310 g/mol. The second-order valence-corrected chi connectivity index (χ2v) is 6.16. The van der Waals surface area contributed by atoms with Crippen LogP contribution in [0.1, 0.15) is 13.8 Å². The molecular formula is C14H15FN2O3S. The van der Waals surface area contributed by atoms with E-state index in [0.29, 0.717) is 5.75 Å². The molecule has 0 atom stereocenters. The fourth-order valence-corrected chi connectivity index (χ4v) is 2.75. The number of nitrogens with one attached hydrogen (secondary N) is 1. The second kappa shape index (κ2) is 6.09. The molecule has 2 aromatic rings. The van der Waals surface area contributed by atoms with Gasteiger partial charge in [0.1, 0.15) is 5.75 Å². The van der Waals surface area contributed by atoms with Crippen LogP contribution in [-0.2, 0) is 10.0 Å². The van der Waals surface area contributed by atoms with E-state index in [1.54, 1.807) is 18.2 Å². The molecule has 1 aromatic carbocycles. The van der Waals surface area contributed by atoms with Crippen LogP contribution >= 0.6 is 0 Å². The van der Waals surface area contributed by atoms with E-state index in [1.165, 1.54) is 18.3 Å². The molecule has 1 heterocycles. The first kappa shape index (κ1) is 15.2. The molecule has 0 fully saturated rings. The molecule has 0 amide bonds. The Bertz CT molecular complexity index is 733. The average Bonchev–Trinajstić information content (AvgIpc) is 2.40. The summed E-state index contributed by atoms with van der Waals surface area (Å²) in [5.74, 6) is -0.542. The second-order valence-electron chi connectivity index (χ2n) is 4.56. The SMILES string of the molecule is CC(C)Oc1ccccc1NS(=O)(=O)c1ncccc1F. The Morgan fingerprint density at radius 1 is 1.19 bits per heavy atom. The molecule has 0 radical (unpaired) electrons. The Hall–Kier alpha value is -2.15. The third kappa shape index (κ3) is 3.69. The highest BCUT2D eigenvalue weighted by Crippen LogP contribution is 2.27. The van der Waals surface area contributed by atoms with E-state index in [-0.39, 0.29) is 11.8 Å². The van der Waals surface area contributed by atoms with Crippen LogP contribution in [0.25, 0.3) is 0 Å². The van der Waals surface area contributed by atoms with Gasteiger partial charge in [-0.1, -0.05) is 12.1 Å². The molecule has 1 aromatic heterocycles. The Morgan fingerprint density at radius 3 is 2.57 bits per heavy atom. The molecule has 1 N–H and O–H groups in total. The number of sulfonamides is 1. The number of nitrogens with zero attached hydrogens (tertiary/aromatic N) is 1. The predicted octanol–water partition coefficient (Wildman–Crippen LogP) is 2.81. The van der Waals surface area contributed by atoms with Crippen LogP contribution in [0.5, 0.6) is 5.75 Å². The molecule has 0 spiro atoms. The largest absolute Gasteiger partial charge is 0.489 e. The Balaban J connectivity index is 2.36. The zero-order valence-corrected chi connectivity index (χ0v) is 12.4. The van der Waals surface area contributed by atoms with Crippen LogP contribution in [0.2, 0.25) is 0 Å². The van der Waals surface area contributed by atoms with Crippen LogP contribution in [0.4, 0.5) is 10.1 Å². The lowest BCUT2D eigenvalue weighted by Crippen LogP contribution is -2.17. The first-order valence-electron chi connectivity index (χ1n) is 6.29. The van der Waals surface area contributed by atoms with Crippen molar-refractivity contribution in [2.24, 2.45) is 0 Å². The topological polar surface area (TPSA) is 68.3 Å². The summed E-state index contributed by atoms with van der Waals surface area (Å²) >= 11 is 0. The molecule has 0 saturated heterocycles.